The van der Waals surface area contributed by atoms with Gasteiger partial charge in [-0.3, -0.25) is 9.48 Å². The zero-order valence-corrected chi connectivity index (χ0v) is 20.5. The number of carbonyl (C=O) groups excluding carboxylic acids is 1. The van der Waals surface area contributed by atoms with E-state index >= 15 is 0 Å². The molecule has 5 heterocycles. The van der Waals surface area contributed by atoms with Gasteiger partial charge in [0.1, 0.15) is 5.65 Å². The summed E-state index contributed by atoms with van der Waals surface area (Å²) in [6, 6.07) is 7.36. The van der Waals surface area contributed by atoms with Crippen LogP contribution in [0.3, 0.4) is 0 Å². The van der Waals surface area contributed by atoms with Crippen molar-refractivity contribution in [3.8, 4) is 11.1 Å². The summed E-state index contributed by atoms with van der Waals surface area (Å²) >= 11 is 0. The number of carbonyl (C=O) groups is 1. The Morgan fingerprint density at radius 3 is 2.92 bits per heavy atom. The lowest BCUT2D eigenvalue weighted by Crippen LogP contribution is -2.39. The van der Waals surface area contributed by atoms with E-state index in [4.69, 9.17) is 4.74 Å². The van der Waals surface area contributed by atoms with E-state index in [1.807, 2.05) is 28.2 Å². The van der Waals surface area contributed by atoms with Crippen LogP contribution in [-0.2, 0) is 17.7 Å². The standard InChI is InChI=1S/C28H30N6O2/c1-17-11-30-27-23(17)10-20(12-31-27)19-8-18-4-6-33(28(35)21-13-32-34(14-21)22-2-3-22)15-25(18)24(9-19)26-16-36-7-5-29-26/h8-14,22,26,29H,2-7,15-16H2,1H3,(H,30,31)/t26-/m0/s1. The molecule has 2 fully saturated rings. The van der Waals surface area contributed by atoms with Crippen LogP contribution in [-0.4, -0.2) is 56.9 Å². The van der Waals surface area contributed by atoms with Crippen molar-refractivity contribution in [1.29, 1.82) is 0 Å². The average molecular weight is 483 g/mol. The number of hydrogen-bond donors (Lipinski definition) is 2. The quantitative estimate of drug-likeness (QED) is 0.460. The molecule has 1 aliphatic carbocycles. The average Bonchev–Trinajstić information content (AvgIpc) is 3.54. The molecule has 0 unspecified atom stereocenters. The second-order valence-corrected chi connectivity index (χ2v) is 10.3. The lowest BCUT2D eigenvalue weighted by molar-refractivity contribution is 0.0715. The smallest absolute Gasteiger partial charge is 0.257 e. The molecule has 7 rings (SSSR count). The van der Waals surface area contributed by atoms with Gasteiger partial charge in [-0.2, -0.15) is 5.10 Å². The molecule has 3 aromatic heterocycles. The molecule has 1 atom stereocenters. The van der Waals surface area contributed by atoms with Gasteiger partial charge in [-0.15, -0.1) is 0 Å². The largest absolute Gasteiger partial charge is 0.378 e. The lowest BCUT2D eigenvalue weighted by atomic mass is 9.87. The molecule has 0 bridgehead atoms. The molecule has 36 heavy (non-hydrogen) atoms. The third-order valence-electron chi connectivity index (χ3n) is 7.80. The van der Waals surface area contributed by atoms with Crippen LogP contribution < -0.4 is 5.32 Å². The minimum Gasteiger partial charge on any atom is -0.378 e. The molecule has 1 saturated carbocycles. The number of nitrogens with zero attached hydrogens (tertiary/aromatic N) is 4. The summed E-state index contributed by atoms with van der Waals surface area (Å²) in [5, 5.41) is 9.22. The Morgan fingerprint density at radius 2 is 2.08 bits per heavy atom. The van der Waals surface area contributed by atoms with Gasteiger partial charge in [0.2, 0.25) is 0 Å². The fourth-order valence-electron chi connectivity index (χ4n) is 5.58. The highest BCUT2D eigenvalue weighted by Crippen LogP contribution is 2.36. The number of amides is 1. The highest BCUT2D eigenvalue weighted by Gasteiger charge is 2.30. The third kappa shape index (κ3) is 3.81. The Kier molecular flexibility index (Phi) is 5.18. The molecule has 0 radical (unpaired) electrons. The Balaban J connectivity index is 1.25. The van der Waals surface area contributed by atoms with Gasteiger partial charge in [-0.25, -0.2) is 4.98 Å². The highest BCUT2D eigenvalue weighted by molar-refractivity contribution is 5.94. The maximum absolute atomic E-state index is 13.4. The van der Waals surface area contributed by atoms with Crippen LogP contribution in [0, 0.1) is 6.92 Å². The van der Waals surface area contributed by atoms with Crippen LogP contribution in [0.25, 0.3) is 22.2 Å². The van der Waals surface area contributed by atoms with Crippen molar-refractivity contribution in [2.45, 2.75) is 44.8 Å². The number of aryl methyl sites for hydroxylation is 1. The van der Waals surface area contributed by atoms with E-state index in [0.29, 0.717) is 31.3 Å². The Hall–Kier alpha value is -3.49. The van der Waals surface area contributed by atoms with Crippen molar-refractivity contribution in [2.24, 2.45) is 0 Å². The second-order valence-electron chi connectivity index (χ2n) is 10.3. The fraction of sp³-hybridized carbons (Fsp3) is 0.393. The first-order chi connectivity index (χ1) is 17.6. The number of pyridine rings is 1. The van der Waals surface area contributed by atoms with Crippen molar-refractivity contribution >= 4 is 16.9 Å². The van der Waals surface area contributed by atoms with E-state index in [2.05, 4.69) is 45.5 Å². The van der Waals surface area contributed by atoms with Gasteiger partial charge in [-0.1, -0.05) is 6.07 Å². The molecule has 1 saturated heterocycles. The summed E-state index contributed by atoms with van der Waals surface area (Å²) in [6.45, 7) is 5.58. The van der Waals surface area contributed by atoms with E-state index in [1.54, 1.807) is 6.20 Å². The van der Waals surface area contributed by atoms with E-state index in [1.165, 1.54) is 22.3 Å². The maximum atomic E-state index is 13.4. The number of H-pyrrole nitrogens is 1. The zero-order chi connectivity index (χ0) is 24.2. The van der Waals surface area contributed by atoms with Crippen LogP contribution in [0.1, 0.15) is 57.5 Å². The molecule has 1 aromatic carbocycles. The molecular weight excluding hydrogens is 452 g/mol. The van der Waals surface area contributed by atoms with Crippen LogP contribution >= 0.6 is 0 Å². The van der Waals surface area contributed by atoms with Crippen molar-refractivity contribution in [1.82, 2.24) is 30.0 Å². The second kappa shape index (κ2) is 8.57. The number of fused-ring (bicyclic) bond motifs is 2. The zero-order valence-electron chi connectivity index (χ0n) is 20.5. The first-order valence-corrected chi connectivity index (χ1v) is 12.9. The summed E-state index contributed by atoms with van der Waals surface area (Å²) in [7, 11) is 0. The lowest BCUT2D eigenvalue weighted by Gasteiger charge is -2.34. The van der Waals surface area contributed by atoms with Crippen LogP contribution in [0.4, 0.5) is 0 Å². The summed E-state index contributed by atoms with van der Waals surface area (Å²) in [6.07, 6.45) is 10.7. The molecule has 1 amide bonds. The van der Waals surface area contributed by atoms with Crippen LogP contribution in [0.5, 0.6) is 0 Å². The number of morpholine rings is 1. The Labute approximate surface area is 209 Å². The topological polar surface area (TPSA) is 88.1 Å². The molecule has 8 nitrogen and oxygen atoms in total. The number of aromatic amines is 1. The fourth-order valence-corrected chi connectivity index (χ4v) is 5.58. The minimum atomic E-state index is 0.0630. The Morgan fingerprint density at radius 1 is 1.17 bits per heavy atom. The first kappa shape index (κ1) is 21.8. The molecule has 0 spiro atoms. The molecule has 2 N–H and O–H groups in total. The number of benzene rings is 1. The summed E-state index contributed by atoms with van der Waals surface area (Å²) in [4.78, 5) is 23.3. The van der Waals surface area contributed by atoms with Crippen molar-refractivity contribution in [3.05, 3.63) is 70.8 Å². The number of nitrogens with one attached hydrogen (secondary N) is 2. The van der Waals surface area contributed by atoms with Crippen molar-refractivity contribution in [2.75, 3.05) is 26.3 Å². The van der Waals surface area contributed by atoms with E-state index in [-0.39, 0.29) is 11.9 Å². The number of rotatable bonds is 4. The monoisotopic (exact) mass is 482 g/mol. The predicted molar refractivity (Wildman–Crippen MR) is 137 cm³/mol. The summed E-state index contributed by atoms with van der Waals surface area (Å²) in [5.74, 6) is 0.0630. The van der Waals surface area contributed by atoms with E-state index in [9.17, 15) is 4.79 Å². The van der Waals surface area contributed by atoms with Gasteiger partial charge in [0, 0.05) is 49.2 Å². The van der Waals surface area contributed by atoms with Crippen LogP contribution in [0.2, 0.25) is 0 Å². The van der Waals surface area contributed by atoms with Gasteiger partial charge in [-0.05, 0) is 66.1 Å². The van der Waals surface area contributed by atoms with Crippen LogP contribution in [0.15, 0.2) is 43.0 Å². The number of aromatic nitrogens is 4. The van der Waals surface area contributed by atoms with E-state index < -0.39 is 0 Å². The van der Waals surface area contributed by atoms with Gasteiger partial charge in [0.25, 0.3) is 5.91 Å². The van der Waals surface area contributed by atoms with E-state index in [0.717, 1.165) is 54.6 Å². The van der Waals surface area contributed by atoms with Gasteiger partial charge in [0.05, 0.1) is 37.1 Å². The molecular formula is C28H30N6O2. The Bertz CT molecular complexity index is 1460. The normalized spacial score (nSPS) is 20.0. The number of ether oxygens (including phenoxy) is 1. The molecule has 184 valence electrons. The molecule has 3 aliphatic rings. The molecule has 2 aliphatic heterocycles. The summed E-state index contributed by atoms with van der Waals surface area (Å²) in [5.41, 5.74) is 8.83. The van der Waals surface area contributed by atoms with Gasteiger partial charge < -0.3 is 19.9 Å². The number of hydrogen-bond acceptors (Lipinski definition) is 5. The van der Waals surface area contributed by atoms with Crippen molar-refractivity contribution in [3.63, 3.8) is 0 Å². The first-order valence-electron chi connectivity index (χ1n) is 12.9. The predicted octanol–water partition coefficient (Wildman–Crippen LogP) is 3.93. The SMILES string of the molecule is Cc1c[nH]c2ncc(-c3cc4c(c([C@@H]5COCCN5)c3)CN(C(=O)c3cnn(C5CC5)c3)CC4)cc12. The van der Waals surface area contributed by atoms with Gasteiger partial charge in [0.15, 0.2) is 0 Å². The minimum absolute atomic E-state index is 0.0630. The third-order valence-corrected chi connectivity index (χ3v) is 7.80. The highest BCUT2D eigenvalue weighted by atomic mass is 16.5. The summed E-state index contributed by atoms with van der Waals surface area (Å²) < 4.78 is 7.79. The maximum Gasteiger partial charge on any atom is 0.257 e. The van der Waals surface area contributed by atoms with Crippen molar-refractivity contribution < 1.29 is 9.53 Å². The van der Waals surface area contributed by atoms with Gasteiger partial charge >= 0.3 is 0 Å². The molecule has 8 heteroatoms. The molecule has 4 aromatic rings.